The first-order chi connectivity index (χ1) is 9.75. The van der Waals surface area contributed by atoms with Crippen LogP contribution in [0.15, 0.2) is 0 Å². The van der Waals surface area contributed by atoms with Crippen molar-refractivity contribution >= 4 is 0 Å². The third kappa shape index (κ3) is 4.00. The van der Waals surface area contributed by atoms with Crippen LogP contribution in [0.25, 0.3) is 0 Å². The standard InChI is InChI=1S/C18H36N2O/c1-7-19-15-9-8-14(17(2,3)4)12-16(15)20-10-11-21-13-18(20,5)6/h14-16,19H,7-13H2,1-6H3. The third-order valence-corrected chi connectivity index (χ3v) is 5.62. The van der Waals surface area contributed by atoms with E-state index < -0.39 is 0 Å². The van der Waals surface area contributed by atoms with Gasteiger partial charge >= 0.3 is 0 Å². The van der Waals surface area contributed by atoms with Gasteiger partial charge in [-0.15, -0.1) is 0 Å². The molecule has 1 saturated carbocycles. The highest BCUT2D eigenvalue weighted by Gasteiger charge is 2.43. The summed E-state index contributed by atoms with van der Waals surface area (Å²) in [6, 6.07) is 1.30. The molecule has 0 bridgehead atoms. The van der Waals surface area contributed by atoms with Gasteiger partial charge in [0, 0.05) is 24.2 Å². The molecular formula is C18H36N2O. The summed E-state index contributed by atoms with van der Waals surface area (Å²) >= 11 is 0. The second-order valence-electron chi connectivity index (χ2n) is 8.67. The molecule has 2 fully saturated rings. The van der Waals surface area contributed by atoms with E-state index >= 15 is 0 Å². The maximum Gasteiger partial charge on any atom is 0.0645 e. The Labute approximate surface area is 131 Å². The summed E-state index contributed by atoms with van der Waals surface area (Å²) in [6.07, 6.45) is 4.00. The maximum atomic E-state index is 5.73. The first kappa shape index (κ1) is 17.2. The van der Waals surface area contributed by atoms with Crippen LogP contribution in [0.5, 0.6) is 0 Å². The molecule has 2 rings (SSSR count). The first-order valence-corrected chi connectivity index (χ1v) is 8.83. The summed E-state index contributed by atoms with van der Waals surface area (Å²) < 4.78 is 5.73. The van der Waals surface area contributed by atoms with Crippen molar-refractivity contribution < 1.29 is 4.74 Å². The van der Waals surface area contributed by atoms with Crippen molar-refractivity contribution in [2.75, 3.05) is 26.3 Å². The van der Waals surface area contributed by atoms with Crippen LogP contribution >= 0.6 is 0 Å². The van der Waals surface area contributed by atoms with Crippen molar-refractivity contribution in [3.63, 3.8) is 0 Å². The van der Waals surface area contributed by atoms with Gasteiger partial charge in [0.05, 0.1) is 13.2 Å². The molecular weight excluding hydrogens is 260 g/mol. The molecule has 0 aromatic heterocycles. The van der Waals surface area contributed by atoms with E-state index in [1.54, 1.807) is 0 Å². The molecule has 3 atom stereocenters. The van der Waals surface area contributed by atoms with E-state index in [1.165, 1.54) is 19.3 Å². The number of morpholine rings is 1. The normalized spacial score (nSPS) is 34.9. The average Bonchev–Trinajstić information content (AvgIpc) is 2.38. The molecule has 0 amide bonds. The van der Waals surface area contributed by atoms with E-state index in [9.17, 15) is 0 Å². The Hall–Kier alpha value is -0.120. The summed E-state index contributed by atoms with van der Waals surface area (Å²) in [4.78, 5) is 2.74. The Balaban J connectivity index is 2.17. The Morgan fingerprint density at radius 1 is 1.24 bits per heavy atom. The van der Waals surface area contributed by atoms with Crippen LogP contribution in [0, 0.1) is 11.3 Å². The van der Waals surface area contributed by atoms with Gasteiger partial charge in [-0.2, -0.15) is 0 Å². The molecule has 2 aliphatic rings. The van der Waals surface area contributed by atoms with Gasteiger partial charge in [-0.25, -0.2) is 0 Å². The second kappa shape index (κ2) is 6.55. The molecule has 1 aliphatic heterocycles. The van der Waals surface area contributed by atoms with Crippen molar-refractivity contribution in [3.05, 3.63) is 0 Å². The van der Waals surface area contributed by atoms with Crippen molar-refractivity contribution in [3.8, 4) is 0 Å². The van der Waals surface area contributed by atoms with Gasteiger partial charge in [0.1, 0.15) is 0 Å². The highest BCUT2D eigenvalue weighted by Crippen LogP contribution is 2.41. The predicted molar refractivity (Wildman–Crippen MR) is 89.7 cm³/mol. The molecule has 1 saturated heterocycles. The largest absolute Gasteiger partial charge is 0.378 e. The Bertz CT molecular complexity index is 335. The third-order valence-electron chi connectivity index (χ3n) is 5.62. The van der Waals surface area contributed by atoms with Crippen LogP contribution in [0.1, 0.15) is 60.8 Å². The summed E-state index contributed by atoms with van der Waals surface area (Å²) in [5.74, 6) is 0.830. The summed E-state index contributed by atoms with van der Waals surface area (Å²) in [5.41, 5.74) is 0.586. The van der Waals surface area contributed by atoms with Gasteiger partial charge in [-0.3, -0.25) is 4.90 Å². The quantitative estimate of drug-likeness (QED) is 0.865. The van der Waals surface area contributed by atoms with E-state index in [2.05, 4.69) is 51.8 Å². The minimum atomic E-state index is 0.163. The Morgan fingerprint density at radius 2 is 1.95 bits per heavy atom. The number of nitrogens with one attached hydrogen (secondary N) is 1. The molecule has 124 valence electrons. The lowest BCUT2D eigenvalue weighted by molar-refractivity contribution is -0.0926. The molecule has 1 heterocycles. The molecule has 21 heavy (non-hydrogen) atoms. The molecule has 3 heteroatoms. The number of nitrogens with zero attached hydrogens (tertiary/aromatic N) is 1. The zero-order valence-electron chi connectivity index (χ0n) is 15.0. The van der Waals surface area contributed by atoms with Crippen molar-refractivity contribution in [1.29, 1.82) is 0 Å². The van der Waals surface area contributed by atoms with Crippen LogP contribution in [-0.2, 0) is 4.74 Å². The zero-order valence-corrected chi connectivity index (χ0v) is 15.0. The van der Waals surface area contributed by atoms with E-state index in [0.29, 0.717) is 17.5 Å². The minimum absolute atomic E-state index is 0.163. The van der Waals surface area contributed by atoms with Crippen LogP contribution < -0.4 is 5.32 Å². The molecule has 1 aliphatic carbocycles. The van der Waals surface area contributed by atoms with Gasteiger partial charge < -0.3 is 10.1 Å². The smallest absolute Gasteiger partial charge is 0.0645 e. The van der Waals surface area contributed by atoms with Crippen LogP contribution in [0.2, 0.25) is 0 Å². The number of hydrogen-bond acceptors (Lipinski definition) is 3. The molecule has 0 spiro atoms. The number of hydrogen-bond donors (Lipinski definition) is 1. The average molecular weight is 296 g/mol. The predicted octanol–water partition coefficient (Wildman–Crippen LogP) is 3.29. The first-order valence-electron chi connectivity index (χ1n) is 8.83. The molecule has 3 unspecified atom stereocenters. The summed E-state index contributed by atoms with van der Waals surface area (Å²) in [7, 11) is 0. The van der Waals surface area contributed by atoms with Gasteiger partial charge in [-0.1, -0.05) is 27.7 Å². The minimum Gasteiger partial charge on any atom is -0.378 e. The molecule has 1 N–H and O–H groups in total. The van der Waals surface area contributed by atoms with E-state index in [-0.39, 0.29) is 5.54 Å². The lowest BCUT2D eigenvalue weighted by atomic mass is 9.68. The lowest BCUT2D eigenvalue weighted by Crippen LogP contribution is -2.64. The van der Waals surface area contributed by atoms with Gasteiger partial charge in [0.2, 0.25) is 0 Å². The maximum absolute atomic E-state index is 5.73. The highest BCUT2D eigenvalue weighted by atomic mass is 16.5. The van der Waals surface area contributed by atoms with Crippen molar-refractivity contribution in [1.82, 2.24) is 10.2 Å². The second-order valence-corrected chi connectivity index (χ2v) is 8.67. The van der Waals surface area contributed by atoms with E-state index in [1.807, 2.05) is 0 Å². The fourth-order valence-electron chi connectivity index (χ4n) is 4.26. The van der Waals surface area contributed by atoms with Gasteiger partial charge in [-0.05, 0) is 51.0 Å². The highest BCUT2D eigenvalue weighted by molar-refractivity contribution is 4.99. The van der Waals surface area contributed by atoms with Gasteiger partial charge in [0.25, 0.3) is 0 Å². The molecule has 3 nitrogen and oxygen atoms in total. The zero-order chi connectivity index (χ0) is 15.7. The molecule has 0 aromatic carbocycles. The Kier molecular flexibility index (Phi) is 5.38. The molecule has 0 radical (unpaired) electrons. The van der Waals surface area contributed by atoms with Gasteiger partial charge in [0.15, 0.2) is 0 Å². The number of rotatable bonds is 3. The fourth-order valence-corrected chi connectivity index (χ4v) is 4.26. The summed E-state index contributed by atoms with van der Waals surface area (Å²) in [6.45, 7) is 18.1. The van der Waals surface area contributed by atoms with E-state index in [4.69, 9.17) is 4.74 Å². The lowest BCUT2D eigenvalue weighted by Gasteiger charge is -2.53. The summed E-state index contributed by atoms with van der Waals surface area (Å²) in [5, 5.41) is 3.76. The SMILES string of the molecule is CCNC1CCC(C(C)(C)C)CC1N1CCOCC1(C)C. The number of ether oxygens (including phenoxy) is 1. The van der Waals surface area contributed by atoms with Crippen LogP contribution in [0.4, 0.5) is 0 Å². The Morgan fingerprint density at radius 3 is 2.52 bits per heavy atom. The van der Waals surface area contributed by atoms with Crippen molar-refractivity contribution in [2.45, 2.75) is 78.4 Å². The van der Waals surface area contributed by atoms with Crippen molar-refractivity contribution in [2.24, 2.45) is 11.3 Å². The van der Waals surface area contributed by atoms with Crippen LogP contribution in [-0.4, -0.2) is 48.8 Å². The van der Waals surface area contributed by atoms with E-state index in [0.717, 1.165) is 32.2 Å². The fraction of sp³-hybridized carbons (Fsp3) is 1.00. The number of likely N-dealkylation sites (N-methyl/N-ethyl adjacent to an activating group) is 1. The van der Waals surface area contributed by atoms with Crippen LogP contribution in [0.3, 0.4) is 0 Å². The topological polar surface area (TPSA) is 24.5 Å². The molecule has 0 aromatic rings. The monoisotopic (exact) mass is 296 g/mol.